The third-order valence-corrected chi connectivity index (χ3v) is 3.11. The van der Waals surface area contributed by atoms with Crippen molar-refractivity contribution in [1.29, 1.82) is 10.7 Å². The predicted molar refractivity (Wildman–Crippen MR) is 85.2 cm³/mol. The summed E-state index contributed by atoms with van der Waals surface area (Å²) in [6.07, 6.45) is 1.73. The number of H-pyrrole nitrogens is 1. The lowest BCUT2D eigenvalue weighted by molar-refractivity contribution is 0.756. The highest BCUT2D eigenvalue weighted by atomic mass is 32.1. The first kappa shape index (κ1) is 14.4. The quantitative estimate of drug-likeness (QED) is 0.503. The molecule has 5 heteroatoms. The number of thiol groups is 1. The molecule has 0 atom stereocenters. The van der Waals surface area contributed by atoms with Crippen LogP contribution < -0.4 is 5.32 Å². The third-order valence-electron chi connectivity index (χ3n) is 2.82. The van der Waals surface area contributed by atoms with Crippen LogP contribution in [0.5, 0.6) is 0 Å². The minimum Gasteiger partial charge on any atom is -0.346 e. The van der Waals surface area contributed by atoms with E-state index in [1.165, 1.54) is 0 Å². The number of fused-ring (bicyclic) bond motifs is 1. The van der Waals surface area contributed by atoms with Crippen molar-refractivity contribution < 1.29 is 0 Å². The van der Waals surface area contributed by atoms with Crippen molar-refractivity contribution in [3.8, 4) is 6.07 Å². The molecule has 0 aliphatic heterocycles. The Bertz CT molecular complexity index is 706. The smallest absolute Gasteiger partial charge is 0.118 e. The summed E-state index contributed by atoms with van der Waals surface area (Å²) in [7, 11) is 0. The van der Waals surface area contributed by atoms with Crippen molar-refractivity contribution in [2.24, 2.45) is 0 Å². The molecule has 0 radical (unpaired) electrons. The van der Waals surface area contributed by atoms with Crippen LogP contribution in [-0.2, 0) is 6.54 Å². The summed E-state index contributed by atoms with van der Waals surface area (Å²) in [4.78, 5) is 3.88. The Morgan fingerprint density at radius 3 is 3.00 bits per heavy atom. The molecular weight excluding hydrogens is 268 g/mol. The van der Waals surface area contributed by atoms with Crippen LogP contribution in [0.2, 0.25) is 0 Å². The number of rotatable bonds is 5. The van der Waals surface area contributed by atoms with E-state index in [1.807, 2.05) is 18.2 Å². The molecule has 2 aromatic rings. The Morgan fingerprint density at radius 1 is 1.50 bits per heavy atom. The maximum absolute atomic E-state index is 8.86. The summed E-state index contributed by atoms with van der Waals surface area (Å²) in [5.41, 5.74) is 3.19. The molecule has 102 valence electrons. The largest absolute Gasteiger partial charge is 0.346 e. The lowest BCUT2D eigenvalue weighted by Gasteiger charge is -2.05. The monoisotopic (exact) mass is 284 g/mol. The number of aromatic amines is 1. The maximum Gasteiger partial charge on any atom is 0.118 e. The van der Waals surface area contributed by atoms with E-state index in [0.29, 0.717) is 18.0 Å². The van der Waals surface area contributed by atoms with Gasteiger partial charge in [-0.15, -0.1) is 12.6 Å². The summed E-state index contributed by atoms with van der Waals surface area (Å²) >= 11 is 4.31. The number of benzene rings is 1. The first-order chi connectivity index (χ1) is 9.58. The molecular formula is C15H16N4S. The first-order valence-corrected chi connectivity index (χ1v) is 6.70. The molecule has 0 saturated carbocycles. The van der Waals surface area contributed by atoms with Gasteiger partial charge >= 0.3 is 0 Å². The lowest BCUT2D eigenvalue weighted by atomic mass is 10.1. The van der Waals surface area contributed by atoms with Crippen LogP contribution in [-0.4, -0.2) is 17.2 Å². The molecule has 20 heavy (non-hydrogen) atoms. The molecule has 1 heterocycles. The molecule has 2 rings (SSSR count). The van der Waals surface area contributed by atoms with Gasteiger partial charge in [0.25, 0.3) is 0 Å². The lowest BCUT2D eigenvalue weighted by Crippen LogP contribution is -2.15. The van der Waals surface area contributed by atoms with E-state index in [4.69, 9.17) is 10.7 Å². The summed E-state index contributed by atoms with van der Waals surface area (Å²) in [6.45, 7) is 3.08. The van der Waals surface area contributed by atoms with Crippen LogP contribution in [0.25, 0.3) is 10.9 Å². The highest BCUT2D eigenvalue weighted by Gasteiger charge is 2.01. The van der Waals surface area contributed by atoms with E-state index in [-0.39, 0.29) is 0 Å². The normalized spacial score (nSPS) is 11.6. The van der Waals surface area contributed by atoms with Gasteiger partial charge in [-0.05, 0) is 41.7 Å². The number of hydrogen-bond acceptors (Lipinski definition) is 4. The van der Waals surface area contributed by atoms with Crippen LogP contribution in [0, 0.1) is 16.7 Å². The van der Waals surface area contributed by atoms with Gasteiger partial charge in [0.1, 0.15) is 11.8 Å². The third kappa shape index (κ3) is 3.73. The molecule has 0 bridgehead atoms. The fraction of sp³-hybridized carbons (Fsp3) is 0.200. The summed E-state index contributed by atoms with van der Waals surface area (Å²) in [5, 5.41) is 20.5. The first-order valence-electron chi connectivity index (χ1n) is 6.25. The average molecular weight is 284 g/mol. The summed E-state index contributed by atoms with van der Waals surface area (Å²) in [5.74, 6) is 0. The Morgan fingerprint density at radius 2 is 2.30 bits per heavy atom. The van der Waals surface area contributed by atoms with Gasteiger partial charge in [0.2, 0.25) is 0 Å². The fourth-order valence-electron chi connectivity index (χ4n) is 1.99. The van der Waals surface area contributed by atoms with Gasteiger partial charge in [-0.1, -0.05) is 6.07 Å². The van der Waals surface area contributed by atoms with Gasteiger partial charge in [-0.25, -0.2) is 0 Å². The molecule has 0 amide bonds. The van der Waals surface area contributed by atoms with Crippen LogP contribution >= 0.6 is 12.6 Å². The predicted octanol–water partition coefficient (Wildman–Crippen LogP) is 2.98. The van der Waals surface area contributed by atoms with Gasteiger partial charge in [-0.2, -0.15) is 5.26 Å². The van der Waals surface area contributed by atoms with E-state index in [0.717, 1.165) is 27.9 Å². The van der Waals surface area contributed by atoms with Gasteiger partial charge in [0.05, 0.1) is 0 Å². The summed E-state index contributed by atoms with van der Waals surface area (Å²) in [6, 6.07) is 10.0. The van der Waals surface area contributed by atoms with Crippen molar-refractivity contribution in [2.45, 2.75) is 13.5 Å². The standard InChI is InChI=1S/C15H16N4S/c1-10(17)4-14(20)9-18-8-11-2-3-15-12(5-11)6-13(7-16)19-15/h2-6,17-20H,8-9H2,1H3/b14-4-,17-10?. The van der Waals surface area contributed by atoms with E-state index in [9.17, 15) is 0 Å². The van der Waals surface area contributed by atoms with Crippen LogP contribution in [0.1, 0.15) is 18.2 Å². The van der Waals surface area contributed by atoms with Gasteiger partial charge in [-0.3, -0.25) is 0 Å². The highest BCUT2D eigenvalue weighted by molar-refractivity contribution is 7.84. The second-order valence-corrected chi connectivity index (χ2v) is 5.21. The van der Waals surface area contributed by atoms with Crippen LogP contribution in [0.15, 0.2) is 35.2 Å². The van der Waals surface area contributed by atoms with Crippen molar-refractivity contribution in [2.75, 3.05) is 6.54 Å². The summed E-state index contributed by atoms with van der Waals surface area (Å²) < 4.78 is 0. The number of hydrogen-bond donors (Lipinski definition) is 4. The van der Waals surface area contributed by atoms with Crippen molar-refractivity contribution >= 4 is 29.2 Å². The zero-order valence-corrected chi connectivity index (χ0v) is 12.1. The van der Waals surface area contributed by atoms with Gasteiger partial charge in [0, 0.05) is 29.7 Å². The molecule has 0 unspecified atom stereocenters. The number of allylic oxidation sites excluding steroid dienone is 1. The van der Waals surface area contributed by atoms with Crippen LogP contribution in [0.3, 0.4) is 0 Å². The zero-order valence-electron chi connectivity index (χ0n) is 11.2. The highest BCUT2D eigenvalue weighted by Crippen LogP contribution is 2.17. The molecule has 0 spiro atoms. The second kappa shape index (κ2) is 6.42. The fourth-order valence-corrected chi connectivity index (χ4v) is 2.29. The van der Waals surface area contributed by atoms with Crippen molar-refractivity contribution in [1.82, 2.24) is 10.3 Å². The van der Waals surface area contributed by atoms with E-state index in [2.05, 4.69) is 35.1 Å². The van der Waals surface area contributed by atoms with Crippen molar-refractivity contribution in [3.05, 3.63) is 46.5 Å². The molecule has 0 saturated heterocycles. The van der Waals surface area contributed by atoms with Crippen molar-refractivity contribution in [3.63, 3.8) is 0 Å². The van der Waals surface area contributed by atoms with Gasteiger partial charge < -0.3 is 15.7 Å². The Balaban J connectivity index is 2.00. The van der Waals surface area contributed by atoms with E-state index < -0.39 is 0 Å². The average Bonchev–Trinajstić information content (AvgIpc) is 2.80. The molecule has 0 fully saturated rings. The molecule has 1 aromatic heterocycles. The molecule has 3 N–H and O–H groups in total. The Hall–Kier alpha value is -2.03. The van der Waals surface area contributed by atoms with Crippen LogP contribution in [0.4, 0.5) is 0 Å². The molecule has 4 nitrogen and oxygen atoms in total. The number of nitrogens with zero attached hydrogens (tertiary/aromatic N) is 1. The minimum absolute atomic E-state index is 0.495. The Kier molecular flexibility index (Phi) is 4.61. The molecule has 1 aromatic carbocycles. The second-order valence-electron chi connectivity index (χ2n) is 4.64. The Labute approximate surface area is 123 Å². The number of nitrogens with one attached hydrogen (secondary N) is 3. The minimum atomic E-state index is 0.495. The number of nitriles is 1. The molecule has 0 aliphatic rings. The number of aromatic nitrogens is 1. The molecule has 0 aliphatic carbocycles. The SMILES string of the molecule is CC(=N)/C=C(\S)CNCc1ccc2[nH]c(C#N)cc2c1. The van der Waals surface area contributed by atoms with E-state index >= 15 is 0 Å². The maximum atomic E-state index is 8.86. The topological polar surface area (TPSA) is 75.5 Å². The van der Waals surface area contributed by atoms with E-state index in [1.54, 1.807) is 13.0 Å². The van der Waals surface area contributed by atoms with Gasteiger partial charge in [0.15, 0.2) is 0 Å². The zero-order chi connectivity index (χ0) is 14.5.